The number of benzene rings is 9. The van der Waals surface area contributed by atoms with E-state index < -0.39 is 5.41 Å². The molecule has 8 bridgehead atoms. The average molecular weight is 863 g/mol. The minimum Gasteiger partial charge on any atom is -0.507 e. The maximum atomic E-state index is 12.9. The number of phenolic OH excluding ortho intramolecular Hbond substituents is 2. The van der Waals surface area contributed by atoms with Gasteiger partial charge in [0.2, 0.25) is 0 Å². The minimum absolute atomic E-state index is 0.167. The Kier molecular flexibility index (Phi) is 10.0. The van der Waals surface area contributed by atoms with Crippen LogP contribution in [0, 0.1) is 0 Å². The summed E-state index contributed by atoms with van der Waals surface area (Å²) in [6.45, 7) is 12.2. The first-order valence-electron chi connectivity index (χ1n) is 23.3. The van der Waals surface area contributed by atoms with Crippen LogP contribution in [0.15, 0.2) is 176 Å². The molecule has 1 unspecified atom stereocenters. The first-order chi connectivity index (χ1) is 32.0. The molecule has 9 aromatic rings. The highest BCUT2D eigenvalue weighted by Gasteiger charge is 2.32. The van der Waals surface area contributed by atoms with Gasteiger partial charge in [-0.2, -0.15) is 0 Å². The number of allylic oxidation sites excluding steroid dienone is 4. The van der Waals surface area contributed by atoms with Gasteiger partial charge in [0, 0.05) is 56.7 Å². The standard InChI is InChI=1S/C62H54O4/c1-61(2,3)41-34-50-46-24-12-14-28-55(46)65-30-17-31-66-56-29-15-13-25-47(56)51-36-42(37-53(60(51)64)57-43-21-9-6-18-38(43)32-39-19-7-10-22-44(39)57)62(4,5)54-27-16-26-48-49(54)33-40-20-8-11-23-45(40)58(48)52(35-41)59(50)63/h6-16,18-23,25-29,32-37,46,63-64H,17,24,30-31H2,1-5H3. The molecule has 326 valence electrons. The highest BCUT2D eigenvalue weighted by atomic mass is 16.5. The third-order valence-corrected chi connectivity index (χ3v) is 14.2. The Hall–Kier alpha value is -7.30. The molecule has 0 aromatic heterocycles. The van der Waals surface area contributed by atoms with Crippen molar-refractivity contribution in [1.82, 2.24) is 0 Å². The van der Waals surface area contributed by atoms with Crippen molar-refractivity contribution in [2.75, 3.05) is 13.2 Å². The van der Waals surface area contributed by atoms with Crippen molar-refractivity contribution < 1.29 is 19.7 Å². The SMILES string of the molecule is CC(C)(C)c1cc2c(O)c(c1)C1CC=CC=C1OCCCOc1ccccc1-c1cc(cc(-c3c4ccccc4cc4ccccc34)c1O)C(C)(C)c1cccc3c-2c2ccccc2cc13. The molecule has 2 aliphatic rings. The van der Waals surface area contributed by atoms with E-state index in [1.807, 2.05) is 24.3 Å². The van der Waals surface area contributed by atoms with Crippen molar-refractivity contribution in [3.05, 3.63) is 198 Å². The zero-order valence-electron chi connectivity index (χ0n) is 38.3. The molecule has 0 radical (unpaired) electrons. The third kappa shape index (κ3) is 6.90. The molecule has 11 rings (SSSR count). The van der Waals surface area contributed by atoms with Crippen LogP contribution in [0.5, 0.6) is 17.2 Å². The second kappa shape index (κ2) is 16.0. The van der Waals surface area contributed by atoms with Gasteiger partial charge in [0.1, 0.15) is 23.0 Å². The molecule has 0 fully saturated rings. The van der Waals surface area contributed by atoms with Crippen LogP contribution in [-0.2, 0) is 15.6 Å². The number of para-hydroxylation sites is 1. The fourth-order valence-corrected chi connectivity index (χ4v) is 10.6. The summed E-state index contributed by atoms with van der Waals surface area (Å²) in [5, 5.41) is 34.4. The Morgan fingerprint density at radius 3 is 1.85 bits per heavy atom. The molecule has 4 nitrogen and oxygen atoms in total. The number of aromatic hydroxyl groups is 2. The monoisotopic (exact) mass is 862 g/mol. The van der Waals surface area contributed by atoms with E-state index in [1.165, 1.54) is 0 Å². The summed E-state index contributed by atoms with van der Waals surface area (Å²) < 4.78 is 13.3. The number of phenols is 2. The van der Waals surface area contributed by atoms with Crippen LogP contribution in [-0.4, -0.2) is 23.4 Å². The van der Waals surface area contributed by atoms with E-state index in [9.17, 15) is 10.2 Å². The van der Waals surface area contributed by atoms with E-state index in [1.54, 1.807) is 0 Å². The van der Waals surface area contributed by atoms with Crippen LogP contribution in [0.1, 0.15) is 75.6 Å². The first kappa shape index (κ1) is 41.4. The average Bonchev–Trinajstić information content (AvgIpc) is 3.32. The zero-order valence-corrected chi connectivity index (χ0v) is 38.3. The predicted octanol–water partition coefficient (Wildman–Crippen LogP) is 16.1. The van der Waals surface area contributed by atoms with Gasteiger partial charge in [0.15, 0.2) is 0 Å². The summed E-state index contributed by atoms with van der Waals surface area (Å²) in [5.41, 5.74) is 8.52. The summed E-state index contributed by atoms with van der Waals surface area (Å²) in [7, 11) is 0. The van der Waals surface area contributed by atoms with Crippen LogP contribution in [0.25, 0.3) is 76.5 Å². The molecule has 66 heavy (non-hydrogen) atoms. The van der Waals surface area contributed by atoms with Crippen LogP contribution >= 0.6 is 0 Å². The van der Waals surface area contributed by atoms with Gasteiger partial charge in [0.25, 0.3) is 0 Å². The highest BCUT2D eigenvalue weighted by molar-refractivity contribution is 6.16. The Balaban J connectivity index is 1.25. The second-order valence-corrected chi connectivity index (χ2v) is 19.7. The van der Waals surface area contributed by atoms with Crippen LogP contribution in [0.3, 0.4) is 0 Å². The van der Waals surface area contributed by atoms with Crippen molar-refractivity contribution in [3.8, 4) is 50.6 Å². The molecule has 1 aliphatic carbocycles. The molecular formula is C62H54O4. The fourth-order valence-electron chi connectivity index (χ4n) is 10.6. The minimum atomic E-state index is -0.598. The first-order valence-corrected chi connectivity index (χ1v) is 23.3. The molecule has 0 amide bonds. The van der Waals surface area contributed by atoms with Gasteiger partial charge in [-0.1, -0.05) is 162 Å². The number of ether oxygens (including phenoxy) is 2. The summed E-state index contributed by atoms with van der Waals surface area (Å²) in [6.07, 6.45) is 7.62. The van der Waals surface area contributed by atoms with Gasteiger partial charge in [-0.25, -0.2) is 0 Å². The summed E-state index contributed by atoms with van der Waals surface area (Å²) in [5.74, 6) is 1.85. The summed E-state index contributed by atoms with van der Waals surface area (Å²) in [4.78, 5) is 0. The van der Waals surface area contributed by atoms with E-state index in [0.29, 0.717) is 37.4 Å². The smallest absolute Gasteiger partial charge is 0.131 e. The Morgan fingerprint density at radius 1 is 0.545 bits per heavy atom. The molecule has 2 N–H and O–H groups in total. The topological polar surface area (TPSA) is 58.9 Å². The lowest BCUT2D eigenvalue weighted by Gasteiger charge is -2.31. The number of hydrogen-bond donors (Lipinski definition) is 2. The molecule has 4 heteroatoms. The largest absolute Gasteiger partial charge is 0.507 e. The summed E-state index contributed by atoms with van der Waals surface area (Å²) in [6, 6.07) is 53.6. The molecule has 0 saturated heterocycles. The van der Waals surface area contributed by atoms with Crippen LogP contribution < -0.4 is 4.74 Å². The zero-order chi connectivity index (χ0) is 45.3. The van der Waals surface area contributed by atoms with Crippen molar-refractivity contribution in [3.63, 3.8) is 0 Å². The molecule has 9 aromatic carbocycles. The van der Waals surface area contributed by atoms with Crippen molar-refractivity contribution in [1.29, 1.82) is 0 Å². The van der Waals surface area contributed by atoms with Gasteiger partial charge in [-0.3, -0.25) is 0 Å². The molecule has 1 heterocycles. The van der Waals surface area contributed by atoms with Gasteiger partial charge in [0.05, 0.1) is 13.2 Å². The van der Waals surface area contributed by atoms with Crippen LogP contribution in [0.2, 0.25) is 0 Å². The van der Waals surface area contributed by atoms with Gasteiger partial charge < -0.3 is 19.7 Å². The third-order valence-electron chi connectivity index (χ3n) is 14.2. The van der Waals surface area contributed by atoms with E-state index in [4.69, 9.17) is 9.47 Å². The van der Waals surface area contributed by atoms with E-state index >= 15 is 0 Å². The Bertz CT molecular complexity index is 3420. The van der Waals surface area contributed by atoms with Gasteiger partial charge in [-0.05, 0) is 114 Å². The summed E-state index contributed by atoms with van der Waals surface area (Å²) >= 11 is 0. The number of hydrogen-bond acceptors (Lipinski definition) is 4. The molecule has 1 aliphatic heterocycles. The normalized spacial score (nSPS) is 16.1. The maximum absolute atomic E-state index is 12.9. The van der Waals surface area contributed by atoms with Gasteiger partial charge >= 0.3 is 0 Å². The second-order valence-electron chi connectivity index (χ2n) is 19.7. The number of fused-ring (bicyclic) bond motifs is 13. The Morgan fingerprint density at radius 2 is 1.14 bits per heavy atom. The van der Waals surface area contributed by atoms with Crippen molar-refractivity contribution in [2.24, 2.45) is 0 Å². The molecule has 0 spiro atoms. The maximum Gasteiger partial charge on any atom is 0.131 e. The Labute approximate surface area is 387 Å². The van der Waals surface area contributed by atoms with E-state index in [-0.39, 0.29) is 22.8 Å². The predicted molar refractivity (Wildman–Crippen MR) is 274 cm³/mol. The van der Waals surface area contributed by atoms with Crippen LogP contribution in [0.4, 0.5) is 0 Å². The van der Waals surface area contributed by atoms with Crippen molar-refractivity contribution >= 4 is 43.1 Å². The molecule has 0 saturated carbocycles. The lowest BCUT2D eigenvalue weighted by Crippen LogP contribution is -2.20. The van der Waals surface area contributed by atoms with Gasteiger partial charge in [-0.15, -0.1) is 0 Å². The van der Waals surface area contributed by atoms with E-state index in [0.717, 1.165) is 98.9 Å². The fraction of sp³-hybridized carbons (Fsp3) is 0.194. The molecule has 1 atom stereocenters. The molecular weight excluding hydrogens is 809 g/mol. The number of rotatable bonds is 1. The van der Waals surface area contributed by atoms with Crippen molar-refractivity contribution in [2.45, 2.75) is 64.2 Å². The quantitative estimate of drug-likeness (QED) is 0.161. The lowest BCUT2D eigenvalue weighted by molar-refractivity contribution is 0.168. The highest BCUT2D eigenvalue weighted by Crippen LogP contribution is 2.52. The lowest BCUT2D eigenvalue weighted by atomic mass is 9.73. The van der Waals surface area contributed by atoms with E-state index in [2.05, 4.69) is 180 Å².